The first kappa shape index (κ1) is 35.3. The second-order valence-corrected chi connectivity index (χ2v) is 15.8. The largest absolute Gasteiger partial charge is 0.471 e. The Morgan fingerprint density at radius 3 is 2.69 bits per heavy atom. The van der Waals surface area contributed by atoms with Gasteiger partial charge in [0.2, 0.25) is 27.7 Å². The number of fused-ring (bicyclic) bond motifs is 3. The maximum atomic E-state index is 14.7. The SMILES string of the molecule is Cc1nc2cccc(F)c2nc1OC1CC2C(=O)NC3(C(=O)NS(=O)(=O)C4CC4)CC3/C=C\CCCCCC(NC(=O)c3ccncn3)C(=O)N2C1. The Kier molecular flexibility index (Phi) is 9.63. The highest BCUT2D eigenvalue weighted by atomic mass is 32.2. The van der Waals surface area contributed by atoms with Crippen LogP contribution < -0.4 is 20.1 Å². The molecule has 3 aromatic rings. The van der Waals surface area contributed by atoms with Crippen LogP contribution in [-0.4, -0.2) is 92.4 Å². The zero-order valence-corrected chi connectivity index (χ0v) is 29.3. The summed E-state index contributed by atoms with van der Waals surface area (Å²) in [6.45, 7) is 1.54. The minimum absolute atomic E-state index is 0.000746. The van der Waals surface area contributed by atoms with Gasteiger partial charge in [0.05, 0.1) is 17.3 Å². The lowest BCUT2D eigenvalue weighted by Gasteiger charge is -2.29. The lowest BCUT2D eigenvalue weighted by molar-refractivity contribution is -0.141. The molecule has 2 aliphatic heterocycles. The van der Waals surface area contributed by atoms with Gasteiger partial charge in [-0.1, -0.05) is 31.1 Å². The van der Waals surface area contributed by atoms with Crippen LogP contribution in [0, 0.1) is 18.7 Å². The Hall–Kier alpha value is -5.06. The van der Waals surface area contributed by atoms with Crippen molar-refractivity contribution >= 4 is 44.7 Å². The predicted octanol–water partition coefficient (Wildman–Crippen LogP) is 2.02. The number of aromatic nitrogens is 4. The second kappa shape index (κ2) is 14.2. The highest BCUT2D eigenvalue weighted by molar-refractivity contribution is 7.91. The van der Waals surface area contributed by atoms with E-state index < -0.39 is 74.4 Å². The van der Waals surface area contributed by atoms with Gasteiger partial charge in [-0.25, -0.2) is 32.7 Å². The minimum Gasteiger partial charge on any atom is -0.471 e. The number of rotatable bonds is 7. The van der Waals surface area contributed by atoms with Crippen LogP contribution >= 0.6 is 0 Å². The van der Waals surface area contributed by atoms with Gasteiger partial charge < -0.3 is 20.3 Å². The first-order valence-electron chi connectivity index (χ1n) is 17.5. The number of nitrogens with zero attached hydrogens (tertiary/aromatic N) is 5. The number of allylic oxidation sites excluding steroid dienone is 1. The van der Waals surface area contributed by atoms with Crippen molar-refractivity contribution in [2.75, 3.05) is 6.54 Å². The van der Waals surface area contributed by atoms with E-state index in [1.807, 2.05) is 12.2 Å². The standard InChI is InChI=1S/C35H39FN8O7S/c1-20-32(41-29-24(36)9-7-11-25(29)39-20)51-22-16-28-31(46)42-35(34(48)43-52(49,50)23-12-13-23)17-21(35)8-5-3-2-4-6-10-27(33(47)44(28)18-22)40-30(45)26-14-15-37-19-38-26/h5,7-9,11,14-15,19,21-23,27-28H,2-4,6,10,12-13,16-18H2,1H3,(H,40,45)(H,42,46)(H,43,48)/b8-5-. The molecular weight excluding hydrogens is 695 g/mol. The first-order valence-corrected chi connectivity index (χ1v) is 19.0. The van der Waals surface area contributed by atoms with Crippen LogP contribution in [0.25, 0.3) is 11.0 Å². The van der Waals surface area contributed by atoms with Crippen molar-refractivity contribution < 1.29 is 36.7 Å². The van der Waals surface area contributed by atoms with Crippen molar-refractivity contribution in [2.45, 2.75) is 93.7 Å². The van der Waals surface area contributed by atoms with E-state index in [1.165, 1.54) is 35.6 Å². The average Bonchev–Trinajstić information content (AvgIpc) is 4.05. The molecule has 5 atom stereocenters. The van der Waals surface area contributed by atoms with Crippen LogP contribution in [0.4, 0.5) is 4.39 Å². The van der Waals surface area contributed by atoms with Crippen molar-refractivity contribution in [3.05, 3.63) is 66.1 Å². The molecule has 2 aromatic heterocycles. The van der Waals surface area contributed by atoms with Gasteiger partial charge in [0.25, 0.3) is 11.8 Å². The van der Waals surface area contributed by atoms with Gasteiger partial charge in [-0.15, -0.1) is 0 Å². The molecule has 2 saturated carbocycles. The number of sulfonamides is 1. The van der Waals surface area contributed by atoms with Crippen LogP contribution in [0.1, 0.15) is 74.0 Å². The Bertz CT molecular complexity index is 2050. The fourth-order valence-corrected chi connectivity index (χ4v) is 8.25. The summed E-state index contributed by atoms with van der Waals surface area (Å²) in [6.07, 6.45) is 9.64. The number of para-hydroxylation sites is 1. The normalized spacial score (nSPS) is 27.3. The average molecular weight is 735 g/mol. The summed E-state index contributed by atoms with van der Waals surface area (Å²) in [7, 11) is -3.91. The highest BCUT2D eigenvalue weighted by Gasteiger charge is 2.62. The zero-order valence-electron chi connectivity index (χ0n) is 28.5. The number of ether oxygens (including phenoxy) is 1. The highest BCUT2D eigenvalue weighted by Crippen LogP contribution is 2.46. The molecule has 17 heteroatoms. The number of benzene rings is 1. The molecule has 1 saturated heterocycles. The summed E-state index contributed by atoms with van der Waals surface area (Å²) in [5.41, 5.74) is -0.775. The van der Waals surface area contributed by atoms with Gasteiger partial charge >= 0.3 is 0 Å². The van der Waals surface area contributed by atoms with E-state index in [0.29, 0.717) is 36.9 Å². The maximum absolute atomic E-state index is 14.7. The fourth-order valence-electron chi connectivity index (χ4n) is 6.89. The maximum Gasteiger partial charge on any atom is 0.270 e. The summed E-state index contributed by atoms with van der Waals surface area (Å²) in [6, 6.07) is 3.60. The number of hydrogen-bond acceptors (Lipinski definition) is 11. The molecule has 15 nitrogen and oxygen atoms in total. The van der Waals surface area contributed by atoms with Crippen LogP contribution in [0.5, 0.6) is 5.88 Å². The third-order valence-corrected chi connectivity index (χ3v) is 11.8. The lowest BCUT2D eigenvalue weighted by Crippen LogP contribution is -2.58. The molecule has 2 aliphatic carbocycles. The van der Waals surface area contributed by atoms with Gasteiger partial charge in [-0.2, -0.15) is 0 Å². The molecule has 0 spiro atoms. The van der Waals surface area contributed by atoms with E-state index in [9.17, 15) is 32.0 Å². The number of halogens is 1. The summed E-state index contributed by atoms with van der Waals surface area (Å²) in [4.78, 5) is 73.5. The smallest absolute Gasteiger partial charge is 0.270 e. The van der Waals surface area contributed by atoms with Crippen LogP contribution in [0.3, 0.4) is 0 Å². The van der Waals surface area contributed by atoms with Crippen molar-refractivity contribution in [3.8, 4) is 5.88 Å². The quantitative estimate of drug-likeness (QED) is 0.300. The van der Waals surface area contributed by atoms with Crippen LogP contribution in [-0.2, 0) is 24.4 Å². The Balaban J connectivity index is 1.20. The summed E-state index contributed by atoms with van der Waals surface area (Å²) < 4.78 is 48.6. The predicted molar refractivity (Wildman–Crippen MR) is 183 cm³/mol. The third-order valence-electron chi connectivity index (χ3n) is 10.0. The molecule has 4 amide bonds. The number of nitrogens with one attached hydrogen (secondary N) is 3. The molecule has 0 bridgehead atoms. The van der Waals surface area contributed by atoms with E-state index in [2.05, 4.69) is 35.3 Å². The molecular formula is C35H39FN8O7S. The van der Waals surface area contributed by atoms with Crippen molar-refractivity contribution in [2.24, 2.45) is 5.92 Å². The molecule has 7 rings (SSSR count). The number of carbonyl (C=O) groups excluding carboxylic acids is 4. The van der Waals surface area contributed by atoms with E-state index in [-0.39, 0.29) is 42.9 Å². The molecule has 3 fully saturated rings. The van der Waals surface area contributed by atoms with Gasteiger partial charge in [0.15, 0.2) is 5.82 Å². The number of hydrogen-bond donors (Lipinski definition) is 3. The number of aryl methyl sites for hydroxylation is 1. The Morgan fingerprint density at radius 1 is 1.10 bits per heavy atom. The summed E-state index contributed by atoms with van der Waals surface area (Å²) in [5, 5.41) is 4.96. The Labute approximate surface area is 299 Å². The van der Waals surface area contributed by atoms with E-state index in [0.717, 1.165) is 12.8 Å². The molecule has 4 heterocycles. The van der Waals surface area contributed by atoms with Crippen molar-refractivity contribution in [1.29, 1.82) is 0 Å². The van der Waals surface area contributed by atoms with Crippen LogP contribution in [0.2, 0.25) is 0 Å². The fraction of sp³-hybridized carbons (Fsp3) is 0.486. The second-order valence-electron chi connectivity index (χ2n) is 13.8. The molecule has 5 unspecified atom stereocenters. The molecule has 1 aromatic carbocycles. The minimum atomic E-state index is -3.91. The number of carbonyl (C=O) groups is 4. The van der Waals surface area contributed by atoms with Crippen molar-refractivity contribution in [1.82, 2.24) is 40.2 Å². The first-order chi connectivity index (χ1) is 24.9. The third kappa shape index (κ3) is 7.31. The van der Waals surface area contributed by atoms with Gasteiger partial charge in [0.1, 0.15) is 47.0 Å². The van der Waals surface area contributed by atoms with Crippen molar-refractivity contribution in [3.63, 3.8) is 0 Å². The summed E-state index contributed by atoms with van der Waals surface area (Å²) >= 11 is 0. The van der Waals surface area contributed by atoms with Crippen LogP contribution in [0.15, 0.2) is 48.9 Å². The van der Waals surface area contributed by atoms with E-state index >= 15 is 0 Å². The molecule has 4 aliphatic rings. The molecule has 0 radical (unpaired) electrons. The van der Waals surface area contributed by atoms with E-state index in [1.54, 1.807) is 13.0 Å². The summed E-state index contributed by atoms with van der Waals surface area (Å²) in [5.74, 6) is -3.67. The monoisotopic (exact) mass is 734 g/mol. The zero-order chi connectivity index (χ0) is 36.6. The van der Waals surface area contributed by atoms with Gasteiger partial charge in [-0.05, 0) is 63.6 Å². The molecule has 3 N–H and O–H groups in total. The topological polar surface area (TPSA) is 203 Å². The molecule has 52 heavy (non-hydrogen) atoms. The Morgan fingerprint density at radius 2 is 1.92 bits per heavy atom. The lowest BCUT2D eigenvalue weighted by atomic mass is 10.0. The number of amides is 4. The molecule has 274 valence electrons. The van der Waals surface area contributed by atoms with Gasteiger partial charge in [0, 0.05) is 18.5 Å². The van der Waals surface area contributed by atoms with E-state index in [4.69, 9.17) is 4.74 Å². The van der Waals surface area contributed by atoms with Gasteiger partial charge in [-0.3, -0.25) is 23.9 Å².